The number of rotatable bonds is 9. The summed E-state index contributed by atoms with van der Waals surface area (Å²) in [5, 5.41) is 10.1. The van der Waals surface area contributed by atoms with Crippen LogP contribution in [0, 0.1) is 0 Å². The first-order chi connectivity index (χ1) is 7.10. The molecule has 4 nitrogen and oxygen atoms in total. The highest BCUT2D eigenvalue weighted by atomic mass is 16.8. The molecule has 2 unspecified atom stereocenters. The first-order valence-electron chi connectivity index (χ1n) is 5.72. The molecule has 4 heteroatoms. The topological polar surface area (TPSA) is 47.9 Å². The first-order valence-corrected chi connectivity index (χ1v) is 5.72. The molecule has 92 valence electrons. The molecule has 0 spiro atoms. The van der Waals surface area contributed by atoms with Gasteiger partial charge in [-0.2, -0.15) is 0 Å². The van der Waals surface area contributed by atoms with Crippen LogP contribution in [0.15, 0.2) is 0 Å². The number of hydrogen-bond donors (Lipinski definition) is 1. The summed E-state index contributed by atoms with van der Waals surface area (Å²) in [4.78, 5) is 0. The Kier molecular flexibility index (Phi) is 7.96. The highest BCUT2D eigenvalue weighted by Crippen LogP contribution is 2.18. The summed E-state index contributed by atoms with van der Waals surface area (Å²) in [5.74, 6) is -1.61. The zero-order valence-corrected chi connectivity index (χ0v) is 10.3. The molecule has 0 aliphatic carbocycles. The molecule has 1 N–H and O–H groups in total. The van der Waals surface area contributed by atoms with E-state index in [-0.39, 0.29) is 0 Å². The van der Waals surface area contributed by atoms with Crippen molar-refractivity contribution < 1.29 is 19.3 Å². The summed E-state index contributed by atoms with van der Waals surface area (Å²) in [6.07, 6.45) is 1.25. The largest absolute Gasteiger partial charge is 0.370 e. The molecule has 0 bridgehead atoms. The molecule has 0 radical (unpaired) electrons. The predicted molar refractivity (Wildman–Crippen MR) is 58.5 cm³/mol. The highest BCUT2D eigenvalue weighted by Gasteiger charge is 2.36. The summed E-state index contributed by atoms with van der Waals surface area (Å²) in [7, 11) is 0. The van der Waals surface area contributed by atoms with Crippen molar-refractivity contribution in [1.82, 2.24) is 0 Å². The molecule has 0 saturated heterocycles. The Bertz CT molecular complexity index is 152. The lowest BCUT2D eigenvalue weighted by molar-refractivity contribution is -0.396. The van der Waals surface area contributed by atoms with E-state index in [1.54, 1.807) is 6.92 Å². The van der Waals surface area contributed by atoms with Crippen molar-refractivity contribution in [2.75, 3.05) is 19.8 Å². The highest BCUT2D eigenvalue weighted by molar-refractivity contribution is 4.64. The molecule has 0 fully saturated rings. The second kappa shape index (κ2) is 8.05. The lowest BCUT2D eigenvalue weighted by atomic mass is 10.3. The van der Waals surface area contributed by atoms with Crippen molar-refractivity contribution in [2.24, 2.45) is 0 Å². The van der Waals surface area contributed by atoms with Crippen LogP contribution in [0.5, 0.6) is 0 Å². The maximum atomic E-state index is 10.1. The molecule has 0 rings (SSSR count). The zero-order chi connectivity index (χ0) is 11.7. The molecule has 0 amide bonds. The minimum atomic E-state index is -1.61. The molecular formula is C11H24O4. The van der Waals surface area contributed by atoms with Crippen LogP contribution in [-0.2, 0) is 14.2 Å². The number of aliphatic hydroxyl groups is 1. The fraction of sp³-hybridized carbons (Fsp3) is 1.00. The molecule has 0 heterocycles. The van der Waals surface area contributed by atoms with E-state index >= 15 is 0 Å². The first kappa shape index (κ1) is 14.8. The molecule has 15 heavy (non-hydrogen) atoms. The molecule has 0 aromatic heterocycles. The van der Waals surface area contributed by atoms with E-state index < -0.39 is 12.1 Å². The maximum Gasteiger partial charge on any atom is 0.308 e. The zero-order valence-electron chi connectivity index (χ0n) is 10.3. The summed E-state index contributed by atoms with van der Waals surface area (Å²) >= 11 is 0. The lowest BCUT2D eigenvalue weighted by Crippen LogP contribution is -2.47. The molecule has 0 aliphatic heterocycles. The fourth-order valence-electron chi connectivity index (χ4n) is 1.13. The van der Waals surface area contributed by atoms with E-state index in [0.29, 0.717) is 19.8 Å². The molecular weight excluding hydrogens is 196 g/mol. The molecule has 0 aromatic carbocycles. The SMILES string of the molecule is CCCOC(C)C(O)(OCC)OCCC. The van der Waals surface area contributed by atoms with Gasteiger partial charge in [0.2, 0.25) is 0 Å². The molecule has 0 aliphatic rings. The third-order valence-electron chi connectivity index (χ3n) is 1.95. The normalized spacial score (nSPS) is 17.4. The van der Waals surface area contributed by atoms with Gasteiger partial charge in [0.05, 0.1) is 6.61 Å². The van der Waals surface area contributed by atoms with Crippen molar-refractivity contribution in [3.63, 3.8) is 0 Å². The predicted octanol–water partition coefficient (Wildman–Crippen LogP) is 1.91. The summed E-state index contributed by atoms with van der Waals surface area (Å²) in [6.45, 7) is 8.99. The Morgan fingerprint density at radius 1 is 1.07 bits per heavy atom. The van der Waals surface area contributed by atoms with Crippen LogP contribution < -0.4 is 0 Å². The quantitative estimate of drug-likeness (QED) is 0.603. The Morgan fingerprint density at radius 2 is 1.67 bits per heavy atom. The van der Waals surface area contributed by atoms with Gasteiger partial charge in [-0.3, -0.25) is 0 Å². The van der Waals surface area contributed by atoms with Gasteiger partial charge in [-0.05, 0) is 26.7 Å². The van der Waals surface area contributed by atoms with Gasteiger partial charge in [0.1, 0.15) is 6.10 Å². The van der Waals surface area contributed by atoms with Crippen molar-refractivity contribution >= 4 is 0 Å². The minimum absolute atomic E-state index is 0.389. The van der Waals surface area contributed by atoms with E-state index in [0.717, 1.165) is 12.8 Å². The molecule has 2 atom stereocenters. The van der Waals surface area contributed by atoms with Gasteiger partial charge in [-0.25, -0.2) is 0 Å². The second-order valence-corrected chi connectivity index (χ2v) is 3.43. The fourth-order valence-corrected chi connectivity index (χ4v) is 1.13. The van der Waals surface area contributed by atoms with Gasteiger partial charge in [0.15, 0.2) is 0 Å². The van der Waals surface area contributed by atoms with Gasteiger partial charge in [0.25, 0.3) is 0 Å². The summed E-state index contributed by atoms with van der Waals surface area (Å²) < 4.78 is 15.9. The van der Waals surface area contributed by atoms with Crippen molar-refractivity contribution in [1.29, 1.82) is 0 Å². The number of hydrogen-bond acceptors (Lipinski definition) is 4. The Morgan fingerprint density at radius 3 is 2.13 bits per heavy atom. The molecule has 0 saturated carbocycles. The minimum Gasteiger partial charge on any atom is -0.370 e. The summed E-state index contributed by atoms with van der Waals surface area (Å²) in [5.41, 5.74) is 0. The summed E-state index contributed by atoms with van der Waals surface area (Å²) in [6, 6.07) is 0. The standard InChI is InChI=1S/C11H24O4/c1-5-8-13-10(4)11(12,14-7-3)15-9-6-2/h10,12H,5-9H2,1-4H3. The van der Waals surface area contributed by atoms with Crippen LogP contribution in [0.25, 0.3) is 0 Å². The van der Waals surface area contributed by atoms with E-state index in [1.165, 1.54) is 0 Å². The Hall–Kier alpha value is -0.160. The monoisotopic (exact) mass is 220 g/mol. The lowest BCUT2D eigenvalue weighted by Gasteiger charge is -2.32. The van der Waals surface area contributed by atoms with E-state index in [9.17, 15) is 5.11 Å². The second-order valence-electron chi connectivity index (χ2n) is 3.43. The van der Waals surface area contributed by atoms with E-state index in [4.69, 9.17) is 14.2 Å². The van der Waals surface area contributed by atoms with Crippen LogP contribution >= 0.6 is 0 Å². The van der Waals surface area contributed by atoms with Gasteiger partial charge >= 0.3 is 5.97 Å². The van der Waals surface area contributed by atoms with Crippen molar-refractivity contribution in [3.8, 4) is 0 Å². The third-order valence-corrected chi connectivity index (χ3v) is 1.95. The van der Waals surface area contributed by atoms with E-state index in [1.807, 2.05) is 20.8 Å². The van der Waals surface area contributed by atoms with E-state index in [2.05, 4.69) is 0 Å². The average Bonchev–Trinajstić information content (AvgIpc) is 2.23. The average molecular weight is 220 g/mol. The smallest absolute Gasteiger partial charge is 0.308 e. The van der Waals surface area contributed by atoms with Crippen LogP contribution in [0.3, 0.4) is 0 Å². The van der Waals surface area contributed by atoms with Crippen molar-refractivity contribution in [2.45, 2.75) is 52.6 Å². The van der Waals surface area contributed by atoms with Crippen LogP contribution in [0.4, 0.5) is 0 Å². The van der Waals surface area contributed by atoms with Gasteiger partial charge in [0, 0.05) is 13.2 Å². The van der Waals surface area contributed by atoms with Gasteiger partial charge in [-0.15, -0.1) is 0 Å². The maximum absolute atomic E-state index is 10.1. The molecule has 0 aromatic rings. The van der Waals surface area contributed by atoms with Crippen LogP contribution in [-0.4, -0.2) is 37.0 Å². The van der Waals surface area contributed by atoms with Gasteiger partial charge < -0.3 is 19.3 Å². The Balaban J connectivity index is 4.18. The van der Waals surface area contributed by atoms with Crippen LogP contribution in [0.2, 0.25) is 0 Å². The number of ether oxygens (including phenoxy) is 3. The van der Waals surface area contributed by atoms with Gasteiger partial charge in [-0.1, -0.05) is 13.8 Å². The van der Waals surface area contributed by atoms with Crippen molar-refractivity contribution in [3.05, 3.63) is 0 Å². The van der Waals surface area contributed by atoms with Crippen LogP contribution in [0.1, 0.15) is 40.5 Å². The third kappa shape index (κ3) is 5.47. The Labute approximate surface area is 92.5 Å².